The molecule has 4 heterocycles. The van der Waals surface area contributed by atoms with E-state index in [0.29, 0.717) is 11.2 Å². The number of hydrogen-bond donors (Lipinski definition) is 2. The van der Waals surface area contributed by atoms with E-state index in [0.717, 1.165) is 67.6 Å². The first-order valence-electron chi connectivity index (χ1n) is 10.6. The van der Waals surface area contributed by atoms with Crippen molar-refractivity contribution in [2.45, 2.75) is 19.8 Å². The number of pyridine rings is 1. The second-order valence-corrected chi connectivity index (χ2v) is 8.96. The quantitative estimate of drug-likeness (QED) is 0.680. The molecule has 2 aromatic heterocycles. The standard InChI is InChI=1S/C23H27N5O2/c1-23(14-30-15-23)13-28-6-4-16(5-7-28)22(29)27-21-9-19-8-17(20-11-25-26-12-20)2-3-18(19)10-24-21/h2-3,8-12,16H,4-7,13-15H2,1H3,(H,25,26)(H,24,27,29). The Hall–Kier alpha value is -2.77. The number of rotatable bonds is 5. The van der Waals surface area contributed by atoms with E-state index in [9.17, 15) is 4.79 Å². The van der Waals surface area contributed by atoms with E-state index in [1.54, 1.807) is 6.20 Å². The number of benzene rings is 1. The predicted octanol–water partition coefficient (Wildman–Crippen LogP) is 3.31. The number of carbonyl (C=O) groups excluding carboxylic acids is 1. The smallest absolute Gasteiger partial charge is 0.228 e. The molecule has 0 aliphatic carbocycles. The lowest BCUT2D eigenvalue weighted by molar-refractivity contribution is -0.125. The zero-order valence-corrected chi connectivity index (χ0v) is 17.2. The lowest BCUT2D eigenvalue weighted by Gasteiger charge is -2.43. The molecule has 0 spiro atoms. The summed E-state index contributed by atoms with van der Waals surface area (Å²) in [6.07, 6.45) is 7.27. The molecule has 3 aromatic rings. The van der Waals surface area contributed by atoms with Gasteiger partial charge in [-0.05, 0) is 49.0 Å². The number of piperidine rings is 1. The Kier molecular flexibility index (Phi) is 5.00. The number of ether oxygens (including phenoxy) is 1. The predicted molar refractivity (Wildman–Crippen MR) is 116 cm³/mol. The third-order valence-corrected chi connectivity index (χ3v) is 6.27. The van der Waals surface area contributed by atoms with Gasteiger partial charge in [0.1, 0.15) is 5.82 Å². The van der Waals surface area contributed by atoms with E-state index in [2.05, 4.69) is 44.5 Å². The van der Waals surface area contributed by atoms with Gasteiger partial charge in [-0.2, -0.15) is 5.10 Å². The summed E-state index contributed by atoms with van der Waals surface area (Å²) < 4.78 is 5.36. The van der Waals surface area contributed by atoms with Crippen molar-refractivity contribution in [1.29, 1.82) is 0 Å². The zero-order valence-electron chi connectivity index (χ0n) is 17.2. The number of hydrogen-bond acceptors (Lipinski definition) is 5. The van der Waals surface area contributed by atoms with Crippen LogP contribution < -0.4 is 5.32 Å². The number of carbonyl (C=O) groups is 1. The molecule has 0 saturated carbocycles. The van der Waals surface area contributed by atoms with E-state index in [1.165, 1.54) is 0 Å². The molecule has 30 heavy (non-hydrogen) atoms. The summed E-state index contributed by atoms with van der Waals surface area (Å²) in [6.45, 7) is 6.97. The summed E-state index contributed by atoms with van der Waals surface area (Å²) in [5.41, 5.74) is 2.41. The van der Waals surface area contributed by atoms with Gasteiger partial charge in [0, 0.05) is 41.2 Å². The van der Waals surface area contributed by atoms with Crippen molar-refractivity contribution in [3.63, 3.8) is 0 Å². The lowest BCUT2D eigenvalue weighted by atomic mass is 9.86. The maximum Gasteiger partial charge on any atom is 0.228 e. The molecule has 156 valence electrons. The van der Waals surface area contributed by atoms with E-state index in [1.807, 2.05) is 24.5 Å². The molecule has 1 amide bonds. The van der Waals surface area contributed by atoms with Crippen LogP contribution >= 0.6 is 0 Å². The van der Waals surface area contributed by atoms with Crippen molar-refractivity contribution in [2.75, 3.05) is 38.2 Å². The van der Waals surface area contributed by atoms with Crippen molar-refractivity contribution >= 4 is 22.5 Å². The largest absolute Gasteiger partial charge is 0.380 e. The Bertz CT molecular complexity index is 1040. The normalized spacial score (nSPS) is 19.5. The second kappa shape index (κ2) is 7.81. The van der Waals surface area contributed by atoms with Gasteiger partial charge in [-0.25, -0.2) is 4.98 Å². The molecule has 2 fully saturated rings. The van der Waals surface area contributed by atoms with E-state index < -0.39 is 0 Å². The van der Waals surface area contributed by atoms with Crippen molar-refractivity contribution in [3.8, 4) is 11.1 Å². The number of aromatic nitrogens is 3. The number of H-pyrrole nitrogens is 1. The number of nitrogens with zero attached hydrogens (tertiary/aromatic N) is 3. The molecular formula is C23H27N5O2. The first-order chi connectivity index (χ1) is 14.6. The fourth-order valence-corrected chi connectivity index (χ4v) is 4.46. The summed E-state index contributed by atoms with van der Waals surface area (Å²) in [5.74, 6) is 0.727. The third kappa shape index (κ3) is 3.95. The average Bonchev–Trinajstić information content (AvgIpc) is 3.27. The highest BCUT2D eigenvalue weighted by atomic mass is 16.5. The van der Waals surface area contributed by atoms with Crippen LogP contribution in [0.5, 0.6) is 0 Å². The number of nitrogens with one attached hydrogen (secondary N) is 2. The second-order valence-electron chi connectivity index (χ2n) is 8.96. The van der Waals surface area contributed by atoms with Crippen LogP contribution in [0.4, 0.5) is 5.82 Å². The minimum Gasteiger partial charge on any atom is -0.380 e. The van der Waals surface area contributed by atoms with Gasteiger partial charge in [-0.15, -0.1) is 0 Å². The maximum atomic E-state index is 12.8. The Balaban J connectivity index is 1.22. The average molecular weight is 406 g/mol. The van der Waals surface area contributed by atoms with Crippen LogP contribution in [0.2, 0.25) is 0 Å². The van der Waals surface area contributed by atoms with Crippen molar-refractivity contribution in [2.24, 2.45) is 11.3 Å². The van der Waals surface area contributed by atoms with Gasteiger partial charge in [0.25, 0.3) is 0 Å². The van der Waals surface area contributed by atoms with Crippen molar-refractivity contribution in [1.82, 2.24) is 20.1 Å². The van der Waals surface area contributed by atoms with Crippen LogP contribution in [0.15, 0.2) is 42.9 Å². The fourth-order valence-electron chi connectivity index (χ4n) is 4.46. The summed E-state index contributed by atoms with van der Waals surface area (Å²) in [6, 6.07) is 8.14. The fraction of sp³-hybridized carbons (Fsp3) is 0.435. The Morgan fingerprint density at radius 3 is 2.73 bits per heavy atom. The van der Waals surface area contributed by atoms with Crippen molar-refractivity contribution < 1.29 is 9.53 Å². The van der Waals surface area contributed by atoms with Gasteiger partial charge in [-0.3, -0.25) is 9.89 Å². The van der Waals surface area contributed by atoms with Crippen LogP contribution in [0, 0.1) is 11.3 Å². The molecule has 2 saturated heterocycles. The van der Waals surface area contributed by atoms with Gasteiger partial charge < -0.3 is 15.0 Å². The zero-order chi connectivity index (χ0) is 20.6. The number of aromatic amines is 1. The van der Waals surface area contributed by atoms with Gasteiger partial charge in [0.15, 0.2) is 0 Å². The third-order valence-electron chi connectivity index (χ3n) is 6.27. The molecule has 5 rings (SSSR count). The lowest BCUT2D eigenvalue weighted by Crippen LogP contribution is -2.51. The van der Waals surface area contributed by atoms with Crippen LogP contribution in [0.1, 0.15) is 19.8 Å². The first kappa shape index (κ1) is 19.2. The molecule has 0 bridgehead atoms. The minimum absolute atomic E-state index is 0.0430. The number of anilines is 1. The molecule has 2 aliphatic heterocycles. The Morgan fingerprint density at radius 2 is 2.03 bits per heavy atom. The van der Waals surface area contributed by atoms with Gasteiger partial charge in [0.2, 0.25) is 5.91 Å². The number of likely N-dealkylation sites (tertiary alicyclic amines) is 1. The Morgan fingerprint density at radius 1 is 1.20 bits per heavy atom. The Labute approximate surface area is 175 Å². The molecule has 0 radical (unpaired) electrons. The molecule has 7 heteroatoms. The molecule has 0 atom stereocenters. The topological polar surface area (TPSA) is 83.1 Å². The SMILES string of the molecule is CC1(CN2CCC(C(=O)Nc3cc4cc(-c5cn[nH]c5)ccc4cn3)CC2)COC1. The molecule has 7 nitrogen and oxygen atoms in total. The maximum absolute atomic E-state index is 12.8. The molecule has 2 aliphatic rings. The highest BCUT2D eigenvalue weighted by molar-refractivity contribution is 5.95. The summed E-state index contributed by atoms with van der Waals surface area (Å²) in [7, 11) is 0. The highest BCUT2D eigenvalue weighted by Crippen LogP contribution is 2.30. The minimum atomic E-state index is 0.0430. The summed E-state index contributed by atoms with van der Waals surface area (Å²) >= 11 is 0. The van der Waals surface area contributed by atoms with E-state index in [4.69, 9.17) is 4.74 Å². The first-order valence-corrected chi connectivity index (χ1v) is 10.6. The summed E-state index contributed by atoms with van der Waals surface area (Å²) in [5, 5.41) is 12.0. The van der Waals surface area contributed by atoms with Crippen LogP contribution in [-0.2, 0) is 9.53 Å². The van der Waals surface area contributed by atoms with E-state index in [-0.39, 0.29) is 11.8 Å². The van der Waals surface area contributed by atoms with E-state index >= 15 is 0 Å². The van der Waals surface area contributed by atoms with Crippen LogP contribution in [0.3, 0.4) is 0 Å². The summed E-state index contributed by atoms with van der Waals surface area (Å²) in [4.78, 5) is 19.7. The van der Waals surface area contributed by atoms with Gasteiger partial charge >= 0.3 is 0 Å². The monoisotopic (exact) mass is 405 g/mol. The van der Waals surface area contributed by atoms with Crippen LogP contribution in [0.25, 0.3) is 21.9 Å². The molecule has 2 N–H and O–H groups in total. The molecular weight excluding hydrogens is 378 g/mol. The van der Waals surface area contributed by atoms with Crippen molar-refractivity contribution in [3.05, 3.63) is 42.9 Å². The molecule has 1 aromatic carbocycles. The van der Waals surface area contributed by atoms with Crippen LogP contribution in [-0.4, -0.2) is 58.8 Å². The molecule has 0 unspecified atom stereocenters. The van der Waals surface area contributed by atoms with Gasteiger partial charge in [-0.1, -0.05) is 19.1 Å². The van der Waals surface area contributed by atoms with Gasteiger partial charge in [0.05, 0.1) is 19.4 Å². The number of amides is 1. The number of fused-ring (bicyclic) bond motifs is 1. The highest BCUT2D eigenvalue weighted by Gasteiger charge is 2.36.